The molecule has 1 rings (SSSR count). The molecule has 0 spiro atoms. The first kappa shape index (κ1) is 16.1. The Morgan fingerprint density at radius 3 is 2.85 bits per heavy atom. The van der Waals surface area contributed by atoms with Crippen molar-refractivity contribution in [2.45, 2.75) is 20.3 Å². The molecule has 0 aliphatic heterocycles. The van der Waals surface area contributed by atoms with Crippen LogP contribution < -0.4 is 5.32 Å². The Labute approximate surface area is 118 Å². The molecule has 1 aromatic rings. The van der Waals surface area contributed by atoms with Gasteiger partial charge in [-0.3, -0.25) is 9.78 Å². The fraction of sp³-hybridized carbons (Fsp3) is 0.500. The van der Waals surface area contributed by atoms with Gasteiger partial charge in [0.1, 0.15) is 5.69 Å². The Bertz CT molecular complexity index is 460. The number of hydrogen-bond donors (Lipinski definition) is 2. The summed E-state index contributed by atoms with van der Waals surface area (Å²) >= 11 is 0. The second kappa shape index (κ2) is 8.27. The molecule has 0 fully saturated rings. The number of carbonyl (C=O) groups is 2. The summed E-state index contributed by atoms with van der Waals surface area (Å²) < 4.78 is 5.39. The van der Waals surface area contributed by atoms with E-state index in [0.29, 0.717) is 32.1 Å². The quantitative estimate of drug-likeness (QED) is 0.706. The number of aromatic nitrogens is 1. The monoisotopic (exact) mass is 280 g/mol. The van der Waals surface area contributed by atoms with Crippen molar-refractivity contribution in [3.8, 4) is 0 Å². The first-order valence-electron chi connectivity index (χ1n) is 6.56. The van der Waals surface area contributed by atoms with Crippen LogP contribution >= 0.6 is 0 Å². The number of nitrogens with one attached hydrogen (secondary N) is 1. The maximum atomic E-state index is 11.8. The van der Waals surface area contributed by atoms with Crippen molar-refractivity contribution in [1.29, 1.82) is 0 Å². The van der Waals surface area contributed by atoms with Gasteiger partial charge in [0.05, 0.1) is 5.56 Å². The minimum absolute atomic E-state index is 0.0467. The Kier molecular flexibility index (Phi) is 6.66. The zero-order valence-electron chi connectivity index (χ0n) is 11.8. The predicted molar refractivity (Wildman–Crippen MR) is 73.8 cm³/mol. The van der Waals surface area contributed by atoms with Gasteiger partial charge in [0.15, 0.2) is 0 Å². The van der Waals surface area contributed by atoms with Gasteiger partial charge in [-0.05, 0) is 24.5 Å². The lowest BCUT2D eigenvalue weighted by Crippen LogP contribution is -2.26. The van der Waals surface area contributed by atoms with Crippen LogP contribution in [0.2, 0.25) is 0 Å². The Balaban J connectivity index is 2.32. The molecule has 1 heterocycles. The van der Waals surface area contributed by atoms with E-state index in [2.05, 4.69) is 24.1 Å². The summed E-state index contributed by atoms with van der Waals surface area (Å²) in [5.41, 5.74) is 0.151. The van der Waals surface area contributed by atoms with Crippen molar-refractivity contribution in [1.82, 2.24) is 10.3 Å². The fourth-order valence-electron chi connectivity index (χ4n) is 1.47. The first-order chi connectivity index (χ1) is 9.50. The summed E-state index contributed by atoms with van der Waals surface area (Å²) in [5, 5.41) is 11.5. The van der Waals surface area contributed by atoms with Gasteiger partial charge in [-0.2, -0.15) is 0 Å². The van der Waals surface area contributed by atoms with Gasteiger partial charge in [0.2, 0.25) is 0 Å². The van der Waals surface area contributed by atoms with Crippen molar-refractivity contribution < 1.29 is 19.4 Å². The highest BCUT2D eigenvalue weighted by Crippen LogP contribution is 2.02. The van der Waals surface area contributed by atoms with Crippen LogP contribution in [0, 0.1) is 5.92 Å². The lowest BCUT2D eigenvalue weighted by Gasteiger charge is -2.07. The highest BCUT2D eigenvalue weighted by Gasteiger charge is 2.10. The molecule has 0 radical (unpaired) electrons. The third-order valence-corrected chi connectivity index (χ3v) is 2.44. The number of carboxylic acid groups (broad SMARTS) is 1. The van der Waals surface area contributed by atoms with Crippen LogP contribution in [0.4, 0.5) is 0 Å². The average Bonchev–Trinajstić information content (AvgIpc) is 2.42. The third kappa shape index (κ3) is 5.79. The molecule has 0 bridgehead atoms. The number of carbonyl (C=O) groups excluding carboxylic acids is 1. The van der Waals surface area contributed by atoms with Crippen LogP contribution in [0.25, 0.3) is 0 Å². The molecule has 110 valence electrons. The smallest absolute Gasteiger partial charge is 0.335 e. The molecule has 20 heavy (non-hydrogen) atoms. The number of amides is 1. The first-order valence-corrected chi connectivity index (χ1v) is 6.56. The van der Waals surface area contributed by atoms with Gasteiger partial charge < -0.3 is 15.2 Å². The number of ether oxygens (including phenoxy) is 1. The fourth-order valence-corrected chi connectivity index (χ4v) is 1.47. The van der Waals surface area contributed by atoms with Gasteiger partial charge in [-0.15, -0.1) is 0 Å². The minimum atomic E-state index is -1.08. The second-order valence-electron chi connectivity index (χ2n) is 4.81. The topological polar surface area (TPSA) is 88.5 Å². The van der Waals surface area contributed by atoms with E-state index in [1.165, 1.54) is 18.3 Å². The van der Waals surface area contributed by atoms with E-state index in [0.717, 1.165) is 0 Å². The average molecular weight is 280 g/mol. The van der Waals surface area contributed by atoms with Gasteiger partial charge in [-0.25, -0.2) is 4.79 Å². The van der Waals surface area contributed by atoms with E-state index >= 15 is 0 Å². The largest absolute Gasteiger partial charge is 0.478 e. The Morgan fingerprint density at radius 1 is 1.45 bits per heavy atom. The van der Waals surface area contributed by atoms with Crippen LogP contribution in [0.1, 0.15) is 41.1 Å². The van der Waals surface area contributed by atoms with Crippen molar-refractivity contribution in [3.05, 3.63) is 29.6 Å². The van der Waals surface area contributed by atoms with Crippen LogP contribution in [-0.2, 0) is 4.74 Å². The Morgan fingerprint density at radius 2 is 2.20 bits per heavy atom. The third-order valence-electron chi connectivity index (χ3n) is 2.44. The molecule has 0 saturated heterocycles. The van der Waals surface area contributed by atoms with Gasteiger partial charge in [0, 0.05) is 26.0 Å². The number of rotatable bonds is 8. The standard InChI is InChI=1S/C14H20N2O4/c1-10(2)9-20-7-3-5-16-13(17)12-8-11(14(18)19)4-6-15-12/h4,6,8,10H,3,5,7,9H2,1-2H3,(H,16,17)(H,18,19). The van der Waals surface area contributed by atoms with E-state index in [9.17, 15) is 9.59 Å². The van der Waals surface area contributed by atoms with Crippen molar-refractivity contribution in [2.75, 3.05) is 19.8 Å². The molecule has 0 aliphatic carbocycles. The van der Waals surface area contributed by atoms with Crippen molar-refractivity contribution >= 4 is 11.9 Å². The highest BCUT2D eigenvalue weighted by molar-refractivity contribution is 5.95. The summed E-state index contributed by atoms with van der Waals surface area (Å²) in [6.07, 6.45) is 2.02. The number of nitrogens with zero attached hydrogens (tertiary/aromatic N) is 1. The molecule has 1 aromatic heterocycles. The molecular formula is C14H20N2O4. The van der Waals surface area contributed by atoms with Crippen molar-refractivity contribution in [3.63, 3.8) is 0 Å². The van der Waals surface area contributed by atoms with Crippen LogP contribution in [0.15, 0.2) is 18.3 Å². The lowest BCUT2D eigenvalue weighted by molar-refractivity contribution is 0.0696. The van der Waals surface area contributed by atoms with Crippen LogP contribution in [0.5, 0.6) is 0 Å². The highest BCUT2D eigenvalue weighted by atomic mass is 16.5. The molecule has 0 aromatic carbocycles. The zero-order valence-corrected chi connectivity index (χ0v) is 11.8. The summed E-state index contributed by atoms with van der Waals surface area (Å²) in [7, 11) is 0. The molecule has 2 N–H and O–H groups in total. The van der Waals surface area contributed by atoms with E-state index in [1.807, 2.05) is 0 Å². The van der Waals surface area contributed by atoms with E-state index in [1.54, 1.807) is 0 Å². The minimum Gasteiger partial charge on any atom is -0.478 e. The number of hydrogen-bond acceptors (Lipinski definition) is 4. The molecule has 1 amide bonds. The predicted octanol–water partition coefficient (Wildman–Crippen LogP) is 1.57. The zero-order chi connectivity index (χ0) is 15.0. The molecule has 6 heteroatoms. The summed E-state index contributed by atoms with van der Waals surface area (Å²) in [5.74, 6) is -0.965. The molecule has 6 nitrogen and oxygen atoms in total. The van der Waals surface area contributed by atoms with Gasteiger partial charge in [0.25, 0.3) is 5.91 Å². The maximum Gasteiger partial charge on any atom is 0.335 e. The van der Waals surface area contributed by atoms with Gasteiger partial charge in [-0.1, -0.05) is 13.8 Å². The summed E-state index contributed by atoms with van der Waals surface area (Å²) in [6, 6.07) is 2.60. The van der Waals surface area contributed by atoms with Gasteiger partial charge >= 0.3 is 5.97 Å². The molecule has 0 atom stereocenters. The molecular weight excluding hydrogens is 260 g/mol. The molecule has 0 unspecified atom stereocenters. The SMILES string of the molecule is CC(C)COCCCNC(=O)c1cc(C(=O)O)ccn1. The number of pyridine rings is 1. The van der Waals surface area contributed by atoms with Crippen LogP contribution in [-0.4, -0.2) is 41.7 Å². The molecule has 0 aliphatic rings. The van der Waals surface area contributed by atoms with E-state index < -0.39 is 5.97 Å². The Hall–Kier alpha value is -1.95. The summed E-state index contributed by atoms with van der Waals surface area (Å²) in [4.78, 5) is 26.4. The van der Waals surface area contributed by atoms with Crippen molar-refractivity contribution in [2.24, 2.45) is 5.92 Å². The summed E-state index contributed by atoms with van der Waals surface area (Å²) in [6.45, 7) is 5.90. The maximum absolute atomic E-state index is 11.8. The van der Waals surface area contributed by atoms with Crippen LogP contribution in [0.3, 0.4) is 0 Å². The molecule has 0 saturated carbocycles. The second-order valence-corrected chi connectivity index (χ2v) is 4.81. The number of aromatic carboxylic acids is 1. The lowest BCUT2D eigenvalue weighted by atomic mass is 10.2. The normalized spacial score (nSPS) is 10.6. The number of carboxylic acids is 1. The van der Waals surface area contributed by atoms with E-state index in [4.69, 9.17) is 9.84 Å². The van der Waals surface area contributed by atoms with E-state index in [-0.39, 0.29) is 17.2 Å².